The van der Waals surface area contributed by atoms with Crippen LogP contribution in [0, 0.1) is 0 Å². The highest BCUT2D eigenvalue weighted by Gasteiger charge is 2.00. The van der Waals surface area contributed by atoms with Crippen molar-refractivity contribution in [1.29, 1.82) is 0 Å². The van der Waals surface area contributed by atoms with Crippen LogP contribution in [0.15, 0.2) is 116 Å². The van der Waals surface area contributed by atoms with Crippen molar-refractivity contribution < 1.29 is 0 Å². The number of nitrogens with zero attached hydrogens (tertiary/aromatic N) is 1. The zero-order valence-electron chi connectivity index (χ0n) is 33.6. The van der Waals surface area contributed by atoms with Crippen LogP contribution < -0.4 is 0 Å². The molecule has 0 saturated carbocycles. The van der Waals surface area contributed by atoms with Crippen molar-refractivity contribution in [1.82, 2.24) is 4.98 Å². The van der Waals surface area contributed by atoms with Crippen molar-refractivity contribution in [3.63, 3.8) is 0 Å². The van der Waals surface area contributed by atoms with Crippen LogP contribution in [0.25, 0.3) is 6.08 Å². The van der Waals surface area contributed by atoms with E-state index in [9.17, 15) is 0 Å². The number of pyridine rings is 1. The molecule has 2 aromatic carbocycles. The first-order valence-corrected chi connectivity index (χ1v) is 18.5. The van der Waals surface area contributed by atoms with Crippen molar-refractivity contribution in [3.8, 4) is 0 Å². The molecule has 0 saturated heterocycles. The first-order valence-electron chi connectivity index (χ1n) is 18.5. The Morgan fingerprint density at radius 1 is 0.522 bits per heavy atom. The molecule has 2 aliphatic rings. The van der Waals surface area contributed by atoms with Crippen LogP contribution in [-0.2, 0) is 6.42 Å². The highest BCUT2D eigenvalue weighted by molar-refractivity contribution is 5.59. The molecule has 0 spiro atoms. The van der Waals surface area contributed by atoms with Crippen LogP contribution in [0.2, 0.25) is 0 Å². The summed E-state index contributed by atoms with van der Waals surface area (Å²) in [7, 11) is 0. The van der Waals surface area contributed by atoms with Crippen molar-refractivity contribution in [2.45, 2.75) is 149 Å². The molecule has 0 aliphatic heterocycles. The number of rotatable bonds is 1. The summed E-state index contributed by atoms with van der Waals surface area (Å²) < 4.78 is 0. The van der Waals surface area contributed by atoms with Gasteiger partial charge in [-0.2, -0.15) is 0 Å². The SMILES string of the molecule is C1=CCC=C1.C1=Cc2ccccc2C1.CC.CC.CC.CC.CC(C)c1ccccc1.CCC.CCC.CCC.c1ccncc1. The van der Waals surface area contributed by atoms with Gasteiger partial charge in [0.15, 0.2) is 0 Å². The molecule has 0 N–H and O–H groups in total. The summed E-state index contributed by atoms with van der Waals surface area (Å²) in [6.07, 6.45) is 22.2. The monoisotopic (exact) mass is 634 g/mol. The Bertz CT molecular complexity index is 880. The molecule has 1 heterocycles. The maximum Gasteiger partial charge on any atom is 0.0267 e. The van der Waals surface area contributed by atoms with Crippen LogP contribution in [-0.4, -0.2) is 4.98 Å². The first-order chi connectivity index (χ1) is 22.5. The lowest BCUT2D eigenvalue weighted by Crippen LogP contribution is -1.83. The molecule has 3 aromatic rings. The lowest BCUT2D eigenvalue weighted by molar-refractivity contribution is 0.867. The molecule has 1 heteroatoms. The topological polar surface area (TPSA) is 12.9 Å². The molecule has 0 atom stereocenters. The zero-order valence-corrected chi connectivity index (χ0v) is 33.6. The van der Waals surface area contributed by atoms with Gasteiger partial charge in [0.05, 0.1) is 0 Å². The van der Waals surface area contributed by atoms with Gasteiger partial charge in [-0.05, 0) is 47.6 Å². The van der Waals surface area contributed by atoms with Crippen molar-refractivity contribution >= 4 is 6.08 Å². The number of benzene rings is 2. The van der Waals surface area contributed by atoms with E-state index in [1.165, 1.54) is 36.0 Å². The maximum atomic E-state index is 3.78. The standard InChI is InChI=1S/C9H8.C9H12.C5H5N.C5H6.3C3H8.4C2H6/c1-2-5-9-7-3-6-8(9)4-1;1-8(2)9-6-4-3-5-7-9;1-2-4-6-5-3-1;1-2-4-5-3-1;3*1-3-2;4*1-2/h1-6H,7H2;3-8H,1-2H3;1-5H;1-4H,5H2;3*3H2,1-2H3;4*1-2H3. The van der Waals surface area contributed by atoms with Gasteiger partial charge in [0.25, 0.3) is 0 Å². The largest absolute Gasteiger partial charge is 0.265 e. The molecule has 5 rings (SSSR count). The minimum atomic E-state index is 0.659. The fourth-order valence-electron chi connectivity index (χ4n) is 2.74. The van der Waals surface area contributed by atoms with Gasteiger partial charge in [0.1, 0.15) is 0 Å². The summed E-state index contributed by atoms with van der Waals surface area (Å²) in [5.74, 6) is 0.659. The number of hydrogen-bond donors (Lipinski definition) is 0. The molecule has 0 bridgehead atoms. The van der Waals surface area contributed by atoms with Crippen LogP contribution in [0.5, 0.6) is 0 Å². The lowest BCUT2D eigenvalue weighted by Gasteiger charge is -2.01. The molecule has 1 nitrogen and oxygen atoms in total. The summed E-state index contributed by atoms with van der Waals surface area (Å²) in [6, 6.07) is 24.7. The fourth-order valence-corrected chi connectivity index (χ4v) is 2.74. The zero-order chi connectivity index (χ0) is 36.7. The maximum absolute atomic E-state index is 3.78. The molecular formula is C45H79N. The molecule has 2 aliphatic carbocycles. The molecule has 0 fully saturated rings. The Morgan fingerprint density at radius 2 is 0.913 bits per heavy atom. The third-order valence-corrected chi connectivity index (χ3v) is 4.38. The van der Waals surface area contributed by atoms with Gasteiger partial charge >= 0.3 is 0 Å². The minimum Gasteiger partial charge on any atom is -0.265 e. The Morgan fingerprint density at radius 3 is 1.20 bits per heavy atom. The van der Waals surface area contributed by atoms with Gasteiger partial charge in [-0.1, -0.05) is 227 Å². The van der Waals surface area contributed by atoms with Crippen molar-refractivity contribution in [2.75, 3.05) is 0 Å². The summed E-state index contributed by atoms with van der Waals surface area (Å²) in [5.41, 5.74) is 4.26. The normalized spacial score (nSPS) is 9.33. The lowest BCUT2D eigenvalue weighted by atomic mass is 10.0. The quantitative estimate of drug-likeness (QED) is 0.260. The van der Waals surface area contributed by atoms with E-state index < -0.39 is 0 Å². The Hall–Kier alpha value is -3.19. The van der Waals surface area contributed by atoms with Crippen molar-refractivity contribution in [2.24, 2.45) is 0 Å². The van der Waals surface area contributed by atoms with E-state index in [1.54, 1.807) is 12.4 Å². The number of aromatic nitrogens is 1. The second kappa shape index (κ2) is 57.5. The van der Waals surface area contributed by atoms with Crippen LogP contribution in [0.3, 0.4) is 0 Å². The molecule has 0 radical (unpaired) electrons. The molecule has 1 aromatic heterocycles. The van der Waals surface area contributed by atoms with Gasteiger partial charge < -0.3 is 0 Å². The van der Waals surface area contributed by atoms with Crippen molar-refractivity contribution in [3.05, 3.63) is 132 Å². The van der Waals surface area contributed by atoms with Crippen LogP contribution in [0.1, 0.15) is 159 Å². The molecule has 46 heavy (non-hydrogen) atoms. The summed E-state index contributed by atoms with van der Waals surface area (Å²) in [4.78, 5) is 3.78. The van der Waals surface area contributed by atoms with Gasteiger partial charge in [0.2, 0.25) is 0 Å². The second-order valence-corrected chi connectivity index (χ2v) is 9.11. The molecule has 0 amide bonds. The Labute approximate surface area is 291 Å². The third-order valence-electron chi connectivity index (χ3n) is 4.38. The molecule has 0 unspecified atom stereocenters. The number of hydrogen-bond acceptors (Lipinski definition) is 1. The van der Waals surface area contributed by atoms with E-state index in [-0.39, 0.29) is 0 Å². The highest BCUT2D eigenvalue weighted by Crippen LogP contribution is 2.17. The van der Waals surface area contributed by atoms with Gasteiger partial charge in [-0.15, -0.1) is 0 Å². The van der Waals surface area contributed by atoms with Crippen LogP contribution in [0.4, 0.5) is 0 Å². The van der Waals surface area contributed by atoms with Gasteiger partial charge in [-0.3, -0.25) is 4.98 Å². The fraction of sp³-hybridized carbons (Fsp3) is 0.489. The minimum absolute atomic E-state index is 0.659. The van der Waals surface area contributed by atoms with E-state index >= 15 is 0 Å². The van der Waals surface area contributed by atoms with E-state index in [1.807, 2.05) is 79.7 Å². The Balaban J connectivity index is -0.000000102. The average Bonchev–Trinajstić information content (AvgIpc) is 3.88. The van der Waals surface area contributed by atoms with E-state index in [2.05, 4.69) is 145 Å². The van der Waals surface area contributed by atoms with Crippen LogP contribution >= 0.6 is 0 Å². The predicted molar refractivity (Wildman–Crippen MR) is 220 cm³/mol. The first kappa shape index (κ1) is 55.2. The molecular weight excluding hydrogens is 555 g/mol. The van der Waals surface area contributed by atoms with E-state index in [0.29, 0.717) is 5.92 Å². The smallest absolute Gasteiger partial charge is 0.0267 e. The highest BCUT2D eigenvalue weighted by atomic mass is 14.6. The van der Waals surface area contributed by atoms with E-state index in [0.717, 1.165) is 12.8 Å². The summed E-state index contributed by atoms with van der Waals surface area (Å²) in [5, 5.41) is 0. The third kappa shape index (κ3) is 47.7. The van der Waals surface area contributed by atoms with Gasteiger partial charge in [-0.25, -0.2) is 0 Å². The summed E-state index contributed by atoms with van der Waals surface area (Å²) in [6.45, 7) is 33.2. The average molecular weight is 634 g/mol. The molecule has 264 valence electrons. The second-order valence-electron chi connectivity index (χ2n) is 9.11. The number of fused-ring (bicyclic) bond motifs is 1. The van der Waals surface area contributed by atoms with E-state index in [4.69, 9.17) is 0 Å². The predicted octanol–water partition coefficient (Wildman–Crippen LogP) is 16.0. The Kier molecular flexibility index (Phi) is 69.0. The number of allylic oxidation sites excluding steroid dienone is 5. The van der Waals surface area contributed by atoms with Gasteiger partial charge in [0, 0.05) is 12.4 Å². The summed E-state index contributed by atoms with van der Waals surface area (Å²) >= 11 is 0.